The average Bonchev–Trinajstić information content (AvgIpc) is 3.11. The van der Waals surface area contributed by atoms with Crippen LogP contribution in [0.4, 0.5) is 0 Å². The molecule has 1 aromatic heterocycles. The van der Waals surface area contributed by atoms with E-state index in [1.807, 2.05) is 0 Å². The summed E-state index contributed by atoms with van der Waals surface area (Å²) in [5, 5.41) is 7.80. The van der Waals surface area contributed by atoms with Crippen LogP contribution in [0.15, 0.2) is 36.9 Å². The fourth-order valence-corrected chi connectivity index (χ4v) is 3.29. The van der Waals surface area contributed by atoms with Crippen LogP contribution in [0.25, 0.3) is 5.69 Å². The van der Waals surface area contributed by atoms with E-state index in [0.29, 0.717) is 6.04 Å². The topological polar surface area (TPSA) is 46.0 Å². The monoisotopic (exact) mass is 313 g/mol. The van der Waals surface area contributed by atoms with Gasteiger partial charge in [-0.25, -0.2) is 9.67 Å². The fourth-order valence-electron chi connectivity index (χ4n) is 3.29. The molecule has 5 heteroatoms. The fraction of sp³-hybridized carbons (Fsp3) is 0.556. The Kier molecular flexibility index (Phi) is 5.41. The molecule has 0 saturated carbocycles. The Bertz CT molecular complexity index is 578. The molecular formula is C18H27N5. The van der Waals surface area contributed by atoms with Gasteiger partial charge in [-0.15, -0.1) is 0 Å². The molecular weight excluding hydrogens is 286 g/mol. The average molecular weight is 313 g/mol. The zero-order valence-electron chi connectivity index (χ0n) is 14.2. The van der Waals surface area contributed by atoms with Gasteiger partial charge in [0.1, 0.15) is 12.7 Å². The maximum atomic E-state index is 4.15. The highest BCUT2D eigenvalue weighted by Gasteiger charge is 2.17. The second-order valence-corrected chi connectivity index (χ2v) is 6.49. The van der Waals surface area contributed by atoms with Crippen molar-refractivity contribution in [3.63, 3.8) is 0 Å². The summed E-state index contributed by atoms with van der Waals surface area (Å²) in [6.07, 6.45) is 7.36. The lowest BCUT2D eigenvalue weighted by Gasteiger charge is -2.33. The summed E-state index contributed by atoms with van der Waals surface area (Å²) < 4.78 is 1.78. The van der Waals surface area contributed by atoms with Crippen LogP contribution in [0.3, 0.4) is 0 Å². The summed E-state index contributed by atoms with van der Waals surface area (Å²) in [4.78, 5) is 6.59. The second kappa shape index (κ2) is 7.70. The van der Waals surface area contributed by atoms with Crippen LogP contribution in [0, 0.1) is 0 Å². The van der Waals surface area contributed by atoms with Gasteiger partial charge in [0.05, 0.1) is 5.69 Å². The molecule has 1 N–H and O–H groups in total. The van der Waals surface area contributed by atoms with E-state index in [2.05, 4.69) is 58.4 Å². The molecule has 124 valence electrons. The summed E-state index contributed by atoms with van der Waals surface area (Å²) in [6, 6.07) is 9.61. The van der Waals surface area contributed by atoms with Crippen LogP contribution in [0.1, 0.15) is 44.7 Å². The molecule has 0 amide bonds. The Morgan fingerprint density at radius 3 is 2.78 bits per heavy atom. The zero-order chi connectivity index (χ0) is 16.1. The second-order valence-electron chi connectivity index (χ2n) is 6.49. The first-order valence-electron chi connectivity index (χ1n) is 8.66. The lowest BCUT2D eigenvalue weighted by atomic mass is 10.0. The Labute approximate surface area is 138 Å². The van der Waals surface area contributed by atoms with E-state index in [4.69, 9.17) is 0 Å². The van der Waals surface area contributed by atoms with Gasteiger partial charge >= 0.3 is 0 Å². The standard InChI is InChI=1S/C18H27N5/c1-15-5-3-4-11-22(15)12-10-20-16(2)17-6-8-18(9-7-17)23-14-19-13-21-23/h6-9,13-16,20H,3-5,10-12H2,1-2H3/t15-,16-/m0/s1. The maximum absolute atomic E-state index is 4.15. The van der Waals surface area contributed by atoms with Crippen LogP contribution in [0.5, 0.6) is 0 Å². The van der Waals surface area contributed by atoms with Gasteiger partial charge in [-0.3, -0.25) is 4.90 Å². The summed E-state index contributed by atoms with van der Waals surface area (Å²) in [5.41, 5.74) is 2.35. The molecule has 0 radical (unpaired) electrons. The van der Waals surface area contributed by atoms with E-state index in [9.17, 15) is 0 Å². The maximum Gasteiger partial charge on any atom is 0.138 e. The van der Waals surface area contributed by atoms with E-state index < -0.39 is 0 Å². The van der Waals surface area contributed by atoms with E-state index in [1.165, 1.54) is 31.4 Å². The van der Waals surface area contributed by atoms with Crippen molar-refractivity contribution in [3.05, 3.63) is 42.5 Å². The molecule has 1 aliphatic heterocycles. The van der Waals surface area contributed by atoms with E-state index >= 15 is 0 Å². The molecule has 0 spiro atoms. The van der Waals surface area contributed by atoms with Crippen LogP contribution in [-0.2, 0) is 0 Å². The molecule has 5 nitrogen and oxygen atoms in total. The first kappa shape index (κ1) is 16.1. The quantitative estimate of drug-likeness (QED) is 0.891. The number of benzene rings is 1. The Hall–Kier alpha value is -1.72. The van der Waals surface area contributed by atoms with Crippen LogP contribution in [0.2, 0.25) is 0 Å². The van der Waals surface area contributed by atoms with Gasteiger partial charge in [-0.1, -0.05) is 18.6 Å². The van der Waals surface area contributed by atoms with E-state index in [1.54, 1.807) is 17.3 Å². The highest BCUT2D eigenvalue weighted by molar-refractivity contribution is 5.34. The lowest BCUT2D eigenvalue weighted by molar-refractivity contribution is 0.160. The van der Waals surface area contributed by atoms with Gasteiger partial charge < -0.3 is 5.32 Å². The largest absolute Gasteiger partial charge is 0.309 e. The summed E-state index contributed by atoms with van der Waals surface area (Å²) >= 11 is 0. The smallest absolute Gasteiger partial charge is 0.138 e. The third-order valence-electron chi connectivity index (χ3n) is 4.87. The number of piperidine rings is 1. The molecule has 0 bridgehead atoms. The first-order chi connectivity index (χ1) is 11.2. The van der Waals surface area contributed by atoms with Crippen LogP contribution < -0.4 is 5.32 Å². The Balaban J connectivity index is 1.49. The van der Waals surface area contributed by atoms with Crippen molar-refractivity contribution in [3.8, 4) is 5.69 Å². The first-order valence-corrected chi connectivity index (χ1v) is 8.66. The molecule has 2 atom stereocenters. The van der Waals surface area contributed by atoms with Crippen molar-refractivity contribution in [1.29, 1.82) is 0 Å². The van der Waals surface area contributed by atoms with Crippen molar-refractivity contribution in [1.82, 2.24) is 25.0 Å². The number of aromatic nitrogens is 3. The molecule has 3 rings (SSSR count). The van der Waals surface area contributed by atoms with E-state index in [0.717, 1.165) is 24.8 Å². The van der Waals surface area contributed by atoms with Gasteiger partial charge in [-0.2, -0.15) is 5.10 Å². The van der Waals surface area contributed by atoms with E-state index in [-0.39, 0.29) is 0 Å². The Morgan fingerprint density at radius 2 is 2.09 bits per heavy atom. The van der Waals surface area contributed by atoms with Crippen molar-refractivity contribution >= 4 is 0 Å². The molecule has 23 heavy (non-hydrogen) atoms. The molecule has 1 fully saturated rings. The van der Waals surface area contributed by atoms with Crippen molar-refractivity contribution in [2.45, 2.75) is 45.2 Å². The predicted molar refractivity (Wildman–Crippen MR) is 92.7 cm³/mol. The molecule has 1 aliphatic rings. The Morgan fingerprint density at radius 1 is 1.26 bits per heavy atom. The van der Waals surface area contributed by atoms with Crippen molar-refractivity contribution in [2.75, 3.05) is 19.6 Å². The molecule has 1 saturated heterocycles. The van der Waals surface area contributed by atoms with Gasteiger partial charge in [0.15, 0.2) is 0 Å². The normalized spacial score (nSPS) is 20.5. The summed E-state index contributed by atoms with van der Waals surface area (Å²) in [7, 11) is 0. The van der Waals surface area contributed by atoms with Gasteiger partial charge in [0.25, 0.3) is 0 Å². The van der Waals surface area contributed by atoms with Crippen molar-refractivity contribution < 1.29 is 0 Å². The third-order valence-corrected chi connectivity index (χ3v) is 4.87. The minimum absolute atomic E-state index is 0.361. The highest BCUT2D eigenvalue weighted by atomic mass is 15.3. The van der Waals surface area contributed by atoms with Gasteiger partial charge in [-0.05, 0) is 50.9 Å². The number of likely N-dealkylation sites (tertiary alicyclic amines) is 1. The number of hydrogen-bond acceptors (Lipinski definition) is 4. The minimum atomic E-state index is 0.361. The van der Waals surface area contributed by atoms with Crippen LogP contribution >= 0.6 is 0 Å². The number of nitrogens with one attached hydrogen (secondary N) is 1. The SMILES string of the molecule is C[C@H](NCCN1CCCC[C@@H]1C)c1ccc(-n2cncn2)cc1. The number of nitrogens with zero attached hydrogens (tertiary/aromatic N) is 4. The third kappa shape index (κ3) is 4.18. The molecule has 0 aliphatic carbocycles. The number of hydrogen-bond donors (Lipinski definition) is 1. The van der Waals surface area contributed by atoms with Crippen molar-refractivity contribution in [2.24, 2.45) is 0 Å². The van der Waals surface area contributed by atoms with Crippen LogP contribution in [-0.4, -0.2) is 45.3 Å². The zero-order valence-corrected chi connectivity index (χ0v) is 14.2. The minimum Gasteiger partial charge on any atom is -0.309 e. The molecule has 2 aromatic rings. The van der Waals surface area contributed by atoms with Gasteiger partial charge in [0, 0.05) is 25.2 Å². The number of rotatable bonds is 6. The summed E-state index contributed by atoms with van der Waals surface area (Å²) in [5.74, 6) is 0. The molecule has 2 heterocycles. The molecule has 1 aromatic carbocycles. The predicted octanol–water partition coefficient (Wildman–Crippen LogP) is 2.79. The summed E-state index contributed by atoms with van der Waals surface area (Å²) in [6.45, 7) is 8.01. The molecule has 0 unspecified atom stereocenters. The van der Waals surface area contributed by atoms with Gasteiger partial charge in [0.2, 0.25) is 0 Å². The lowest BCUT2D eigenvalue weighted by Crippen LogP contribution is -2.41. The highest BCUT2D eigenvalue weighted by Crippen LogP contribution is 2.17.